The van der Waals surface area contributed by atoms with Crippen molar-refractivity contribution in [2.45, 2.75) is 24.8 Å². The maximum atomic E-state index is 13.2. The summed E-state index contributed by atoms with van der Waals surface area (Å²) in [5.74, 6) is 2.17. The number of benzene rings is 2. The fourth-order valence-electron chi connectivity index (χ4n) is 3.37. The fourth-order valence-corrected chi connectivity index (χ4v) is 5.32. The monoisotopic (exact) mass is 542 g/mol. The molecule has 13 heteroatoms. The van der Waals surface area contributed by atoms with Crippen molar-refractivity contribution < 1.29 is 31.9 Å². The Balaban J connectivity index is 1.61. The summed E-state index contributed by atoms with van der Waals surface area (Å²) in [5, 5.41) is 7.06. The molecule has 4 rings (SSSR count). The van der Waals surface area contributed by atoms with Crippen molar-refractivity contribution in [3.8, 4) is 34.8 Å². The van der Waals surface area contributed by atoms with Gasteiger partial charge in [0.1, 0.15) is 27.5 Å². The van der Waals surface area contributed by atoms with Crippen molar-refractivity contribution in [1.82, 2.24) is 15.5 Å². The van der Waals surface area contributed by atoms with Gasteiger partial charge in [0.15, 0.2) is 11.4 Å². The van der Waals surface area contributed by atoms with Crippen molar-refractivity contribution >= 4 is 44.1 Å². The van der Waals surface area contributed by atoms with Crippen LogP contribution in [0.3, 0.4) is 0 Å². The number of hydrogen-bond acceptors (Lipinski definition) is 10. The summed E-state index contributed by atoms with van der Waals surface area (Å²) >= 11 is 1.21. The number of amides is 1. The third-order valence-corrected chi connectivity index (χ3v) is 7.42. The molecule has 4 aromatic rings. The molecule has 37 heavy (non-hydrogen) atoms. The van der Waals surface area contributed by atoms with Gasteiger partial charge in [-0.2, -0.15) is 0 Å². The highest BCUT2D eigenvalue weighted by Crippen LogP contribution is 2.39. The first-order valence-corrected chi connectivity index (χ1v) is 13.1. The number of carbonyl (C=O) groups is 1. The number of carbonyl (C=O) groups excluding carboxylic acids is 1. The van der Waals surface area contributed by atoms with Crippen molar-refractivity contribution in [2.75, 3.05) is 18.9 Å². The first kappa shape index (κ1) is 25.8. The predicted octanol–water partition coefficient (Wildman–Crippen LogP) is 3.71. The van der Waals surface area contributed by atoms with E-state index in [9.17, 15) is 13.2 Å². The molecule has 0 fully saturated rings. The van der Waals surface area contributed by atoms with Gasteiger partial charge in [-0.05, 0) is 30.0 Å². The average Bonchev–Trinajstić information content (AvgIpc) is 3.52. The summed E-state index contributed by atoms with van der Waals surface area (Å²) in [4.78, 5) is 16.1. The second-order valence-corrected chi connectivity index (χ2v) is 10.2. The SMILES string of the molecule is C#CC(=O)NCc1cnc(Oc2cc(OC)c3c(NS(=O)(=O)c4cc(CC)ccc4OC)noc3c2)s1. The van der Waals surface area contributed by atoms with E-state index in [1.54, 1.807) is 30.5 Å². The third-order valence-electron chi connectivity index (χ3n) is 5.18. The van der Waals surface area contributed by atoms with E-state index in [0.29, 0.717) is 22.8 Å². The van der Waals surface area contributed by atoms with Crippen LogP contribution in [0.15, 0.2) is 45.9 Å². The minimum atomic E-state index is -4.08. The molecule has 2 aromatic carbocycles. The second kappa shape index (κ2) is 10.8. The largest absolute Gasteiger partial charge is 0.496 e. The van der Waals surface area contributed by atoms with Gasteiger partial charge < -0.3 is 24.1 Å². The van der Waals surface area contributed by atoms with Crippen LogP contribution in [0.2, 0.25) is 0 Å². The molecule has 0 aliphatic heterocycles. The summed E-state index contributed by atoms with van der Waals surface area (Å²) in [6, 6.07) is 8.03. The van der Waals surface area contributed by atoms with Crippen LogP contribution >= 0.6 is 11.3 Å². The van der Waals surface area contributed by atoms with Crippen LogP contribution in [0.1, 0.15) is 17.4 Å². The van der Waals surface area contributed by atoms with Crippen LogP contribution in [0, 0.1) is 12.3 Å². The predicted molar refractivity (Wildman–Crippen MR) is 137 cm³/mol. The quantitative estimate of drug-likeness (QED) is 0.287. The van der Waals surface area contributed by atoms with E-state index in [1.165, 1.54) is 31.6 Å². The van der Waals surface area contributed by atoms with Gasteiger partial charge in [-0.15, -0.1) is 6.42 Å². The lowest BCUT2D eigenvalue weighted by Crippen LogP contribution is -2.19. The lowest BCUT2D eigenvalue weighted by atomic mass is 10.2. The van der Waals surface area contributed by atoms with Gasteiger partial charge in [0.05, 0.1) is 20.8 Å². The van der Waals surface area contributed by atoms with E-state index in [4.69, 9.17) is 25.2 Å². The number of nitrogens with zero attached hydrogens (tertiary/aromatic N) is 2. The van der Waals surface area contributed by atoms with Crippen molar-refractivity contribution in [2.24, 2.45) is 0 Å². The summed E-state index contributed by atoms with van der Waals surface area (Å²) in [5.41, 5.74) is 1.05. The molecule has 2 heterocycles. The van der Waals surface area contributed by atoms with Crippen LogP contribution in [-0.4, -0.2) is 38.7 Å². The number of terminal acetylenes is 1. The number of sulfonamides is 1. The fraction of sp³-hybridized carbons (Fsp3) is 0.208. The molecule has 0 saturated heterocycles. The van der Waals surface area contributed by atoms with Crippen LogP contribution in [-0.2, 0) is 27.8 Å². The molecule has 2 N–H and O–H groups in total. The van der Waals surface area contributed by atoms with Gasteiger partial charge in [-0.3, -0.25) is 9.52 Å². The summed E-state index contributed by atoms with van der Waals surface area (Å²) < 4.78 is 50.8. The summed E-state index contributed by atoms with van der Waals surface area (Å²) in [6.07, 6.45) is 7.24. The number of hydrogen-bond donors (Lipinski definition) is 2. The van der Waals surface area contributed by atoms with Crippen LogP contribution in [0.4, 0.5) is 5.82 Å². The topological polar surface area (TPSA) is 142 Å². The zero-order chi connectivity index (χ0) is 26.6. The molecule has 0 bridgehead atoms. The Kier molecular flexibility index (Phi) is 7.51. The minimum absolute atomic E-state index is 0.0255. The Morgan fingerprint density at radius 2 is 1.97 bits per heavy atom. The highest BCUT2D eigenvalue weighted by Gasteiger charge is 2.25. The maximum absolute atomic E-state index is 13.2. The molecule has 0 spiro atoms. The highest BCUT2D eigenvalue weighted by atomic mass is 32.2. The molecule has 0 saturated carbocycles. The van der Waals surface area contributed by atoms with Gasteiger partial charge in [0.25, 0.3) is 21.1 Å². The Bertz CT molecular complexity index is 1600. The number of ether oxygens (including phenoxy) is 3. The molecule has 0 aliphatic rings. The Morgan fingerprint density at radius 3 is 2.68 bits per heavy atom. The number of fused-ring (bicyclic) bond motifs is 1. The Morgan fingerprint density at radius 1 is 1.19 bits per heavy atom. The van der Waals surface area contributed by atoms with Gasteiger partial charge in [-0.25, -0.2) is 13.4 Å². The minimum Gasteiger partial charge on any atom is -0.496 e. The zero-order valence-corrected chi connectivity index (χ0v) is 21.7. The van der Waals surface area contributed by atoms with Crippen LogP contribution < -0.4 is 24.2 Å². The van der Waals surface area contributed by atoms with E-state index in [2.05, 4.69) is 20.2 Å². The van der Waals surface area contributed by atoms with Gasteiger partial charge in [0, 0.05) is 23.2 Å². The van der Waals surface area contributed by atoms with Crippen LogP contribution in [0.25, 0.3) is 11.0 Å². The number of methoxy groups -OCH3 is 2. The van der Waals surface area contributed by atoms with E-state index in [1.807, 2.05) is 12.8 Å². The number of thiazole rings is 1. The van der Waals surface area contributed by atoms with E-state index >= 15 is 0 Å². The molecule has 0 aliphatic carbocycles. The van der Waals surface area contributed by atoms with Gasteiger partial charge in [0.2, 0.25) is 0 Å². The van der Waals surface area contributed by atoms with Crippen molar-refractivity contribution in [1.29, 1.82) is 0 Å². The lowest BCUT2D eigenvalue weighted by Gasteiger charge is -2.12. The van der Waals surface area contributed by atoms with Crippen molar-refractivity contribution in [3.63, 3.8) is 0 Å². The average molecular weight is 543 g/mol. The highest BCUT2D eigenvalue weighted by molar-refractivity contribution is 7.92. The second-order valence-electron chi connectivity index (χ2n) is 7.50. The third kappa shape index (κ3) is 5.60. The van der Waals surface area contributed by atoms with E-state index in [-0.39, 0.29) is 34.3 Å². The summed E-state index contributed by atoms with van der Waals surface area (Å²) in [7, 11) is -1.26. The molecule has 1 amide bonds. The number of rotatable bonds is 10. The Hall–Kier alpha value is -4.28. The number of aromatic nitrogens is 2. The van der Waals surface area contributed by atoms with E-state index in [0.717, 1.165) is 10.4 Å². The molecule has 2 aromatic heterocycles. The number of aryl methyl sites for hydroxylation is 1. The molecule has 0 atom stereocenters. The van der Waals surface area contributed by atoms with E-state index < -0.39 is 15.9 Å². The molecular formula is C24H22N4O7S2. The lowest BCUT2D eigenvalue weighted by molar-refractivity contribution is -0.115. The van der Waals surface area contributed by atoms with Crippen LogP contribution in [0.5, 0.6) is 22.4 Å². The first-order valence-electron chi connectivity index (χ1n) is 10.8. The first-order chi connectivity index (χ1) is 17.8. The number of nitrogens with one attached hydrogen (secondary N) is 2. The Labute approximate surface area is 216 Å². The molecule has 0 radical (unpaired) electrons. The van der Waals surface area contributed by atoms with Crippen molar-refractivity contribution in [3.05, 3.63) is 47.0 Å². The molecular weight excluding hydrogens is 520 g/mol. The molecule has 11 nitrogen and oxygen atoms in total. The smallest absolute Gasteiger partial charge is 0.295 e. The van der Waals surface area contributed by atoms with Gasteiger partial charge in [-0.1, -0.05) is 29.5 Å². The zero-order valence-electron chi connectivity index (χ0n) is 20.0. The van der Waals surface area contributed by atoms with Gasteiger partial charge >= 0.3 is 0 Å². The summed E-state index contributed by atoms with van der Waals surface area (Å²) in [6.45, 7) is 2.13. The standard InChI is InChI=1S/C24H22N4O7S2/c1-5-14-7-8-17(32-3)20(9-14)37(30,31)28-23-22-18(33-4)10-15(11-19(22)35-27-23)34-24-26-13-16(36-24)12-25-21(29)6-2/h2,7-11,13H,5,12H2,1,3-4H3,(H,25,29)(H,27,28). The normalized spacial score (nSPS) is 11.1. The molecule has 0 unspecified atom stereocenters. The number of anilines is 1. The maximum Gasteiger partial charge on any atom is 0.295 e. The molecule has 192 valence electrons.